The van der Waals surface area contributed by atoms with E-state index >= 15 is 0 Å². The van der Waals surface area contributed by atoms with Crippen LogP contribution >= 0.6 is 0 Å². The number of nitrogens with one attached hydrogen (secondary N) is 1. The summed E-state index contributed by atoms with van der Waals surface area (Å²) in [5.41, 5.74) is 3.45. The van der Waals surface area contributed by atoms with Crippen LogP contribution in [0.2, 0.25) is 0 Å². The summed E-state index contributed by atoms with van der Waals surface area (Å²) in [6.07, 6.45) is 3.01. The molecule has 0 unspecified atom stereocenters. The number of hydrogen-bond acceptors (Lipinski definition) is 5. The van der Waals surface area contributed by atoms with Gasteiger partial charge in [-0.05, 0) is 73.8 Å². The predicted molar refractivity (Wildman–Crippen MR) is 129 cm³/mol. The van der Waals surface area contributed by atoms with E-state index in [0.717, 1.165) is 40.9 Å². The Morgan fingerprint density at radius 1 is 0.971 bits per heavy atom. The molecule has 3 aliphatic rings. The molecule has 5 atom stereocenters. The average Bonchev–Trinajstić information content (AvgIpc) is 3.50. The number of rotatable bonds is 7. The maximum absolute atomic E-state index is 13.4. The van der Waals surface area contributed by atoms with Crippen LogP contribution in [0.15, 0.2) is 48.5 Å². The molecule has 182 valence electrons. The Kier molecular flexibility index (Phi) is 6.17. The minimum atomic E-state index is -1.09. The zero-order valence-electron chi connectivity index (χ0n) is 20.0. The molecule has 2 aromatic carbocycles. The van der Waals surface area contributed by atoms with Crippen molar-refractivity contribution in [2.24, 2.45) is 23.7 Å². The van der Waals surface area contributed by atoms with Crippen molar-refractivity contribution in [1.82, 2.24) is 4.90 Å². The first-order valence-electron chi connectivity index (χ1n) is 12.3. The van der Waals surface area contributed by atoms with Gasteiger partial charge in [-0.2, -0.15) is 0 Å². The van der Waals surface area contributed by atoms with Crippen LogP contribution < -0.4 is 5.32 Å². The molecule has 1 heterocycles. The van der Waals surface area contributed by atoms with Crippen LogP contribution in [0, 0.1) is 37.5 Å². The fraction of sp³-hybridized carbons (Fsp3) is 0.429. The minimum Gasteiger partial charge on any atom is -0.454 e. The number of imide groups is 1. The smallest absolute Gasteiger partial charge is 0.330 e. The number of esters is 1. The number of anilines is 1. The summed E-state index contributed by atoms with van der Waals surface area (Å²) >= 11 is 0. The largest absolute Gasteiger partial charge is 0.454 e. The highest BCUT2D eigenvalue weighted by molar-refractivity contribution is 6.08. The van der Waals surface area contributed by atoms with Crippen LogP contribution in [0.4, 0.5) is 5.69 Å². The monoisotopic (exact) mass is 474 g/mol. The lowest BCUT2D eigenvalue weighted by atomic mass is 9.81. The number of carbonyl (C=O) groups is 4. The first-order valence-corrected chi connectivity index (χ1v) is 12.3. The zero-order chi connectivity index (χ0) is 24.7. The number of hydrogen-bond donors (Lipinski definition) is 1. The molecule has 1 N–H and O–H groups in total. The first kappa shape index (κ1) is 23.3. The molecule has 7 heteroatoms. The van der Waals surface area contributed by atoms with Gasteiger partial charge in [-0.1, -0.05) is 36.4 Å². The van der Waals surface area contributed by atoms with E-state index in [1.54, 1.807) is 0 Å². The molecule has 3 amide bonds. The standard InChI is InChI=1S/C28H30N2O5/c1-16-10-17(2)12-21(11-16)29-23(31)15-35-28(34)22(13-18-6-4-3-5-7-18)30-26(32)24-19-8-9-20(14-19)25(24)27(30)33/h3-7,10-12,19-20,22,24-25H,8-9,13-15H2,1-2H3,(H,29,31)/t19-,20-,22-,24-,25+/m0/s1. The molecular formula is C28H30N2O5. The number of fused-ring (bicyclic) bond motifs is 5. The van der Waals surface area contributed by atoms with E-state index in [1.807, 2.05) is 62.4 Å². The number of nitrogens with zero attached hydrogens (tertiary/aromatic N) is 1. The summed E-state index contributed by atoms with van der Waals surface area (Å²) in [4.78, 5) is 53.6. The molecule has 1 saturated heterocycles. The molecule has 35 heavy (non-hydrogen) atoms. The Morgan fingerprint density at radius 2 is 1.57 bits per heavy atom. The van der Waals surface area contributed by atoms with Gasteiger partial charge in [0.05, 0.1) is 11.8 Å². The van der Waals surface area contributed by atoms with Crippen LogP contribution in [0.3, 0.4) is 0 Å². The van der Waals surface area contributed by atoms with Crippen LogP contribution in [0.1, 0.15) is 36.0 Å². The van der Waals surface area contributed by atoms with Crippen molar-refractivity contribution in [3.8, 4) is 0 Å². The molecule has 7 nitrogen and oxygen atoms in total. The van der Waals surface area contributed by atoms with Crippen LogP contribution in [0.25, 0.3) is 0 Å². The van der Waals surface area contributed by atoms with Gasteiger partial charge in [-0.25, -0.2) is 4.79 Å². The van der Waals surface area contributed by atoms with Gasteiger partial charge in [-0.15, -0.1) is 0 Å². The quantitative estimate of drug-likeness (QED) is 0.490. The van der Waals surface area contributed by atoms with Crippen LogP contribution in [-0.2, 0) is 30.3 Å². The minimum absolute atomic E-state index is 0.157. The van der Waals surface area contributed by atoms with Gasteiger partial charge in [0.25, 0.3) is 5.91 Å². The fourth-order valence-electron chi connectivity index (χ4n) is 6.33. The second kappa shape index (κ2) is 9.29. The third kappa shape index (κ3) is 4.47. The van der Waals surface area contributed by atoms with Gasteiger partial charge in [0.1, 0.15) is 6.04 Å². The molecule has 2 aromatic rings. The summed E-state index contributed by atoms with van der Waals surface area (Å²) in [5.74, 6) is -1.92. The summed E-state index contributed by atoms with van der Waals surface area (Å²) < 4.78 is 5.37. The zero-order valence-corrected chi connectivity index (χ0v) is 20.0. The highest BCUT2D eigenvalue weighted by Gasteiger charge is 2.62. The molecule has 1 aliphatic heterocycles. The molecular weight excluding hydrogens is 444 g/mol. The Balaban J connectivity index is 1.31. The SMILES string of the molecule is Cc1cc(C)cc(NC(=O)COC(=O)[C@H](Cc2ccccc2)N2C(=O)[C@@H]3[C@H]4CC[C@@H](C4)[C@@H]3C2=O)c1. The topological polar surface area (TPSA) is 92.8 Å². The maximum Gasteiger partial charge on any atom is 0.330 e. The van der Waals surface area contributed by atoms with Crippen molar-refractivity contribution in [2.45, 2.75) is 45.6 Å². The third-order valence-electron chi connectivity index (χ3n) is 7.67. The van der Waals surface area contributed by atoms with E-state index in [2.05, 4.69) is 5.32 Å². The summed E-state index contributed by atoms with van der Waals surface area (Å²) in [7, 11) is 0. The predicted octanol–water partition coefficient (Wildman–Crippen LogP) is 3.43. The molecule has 2 aliphatic carbocycles. The molecule has 0 spiro atoms. The van der Waals surface area contributed by atoms with Gasteiger partial charge >= 0.3 is 5.97 Å². The molecule has 0 aromatic heterocycles. The number of carbonyl (C=O) groups excluding carboxylic acids is 4. The number of ether oxygens (including phenoxy) is 1. The molecule has 0 radical (unpaired) electrons. The van der Waals surface area contributed by atoms with E-state index in [1.165, 1.54) is 0 Å². The Bertz CT molecular complexity index is 1130. The molecule has 2 bridgehead atoms. The lowest BCUT2D eigenvalue weighted by Crippen LogP contribution is -2.48. The second-order valence-corrected chi connectivity index (χ2v) is 10.2. The van der Waals surface area contributed by atoms with Crippen LogP contribution in [0.5, 0.6) is 0 Å². The van der Waals surface area contributed by atoms with Gasteiger partial charge in [0, 0.05) is 12.1 Å². The maximum atomic E-state index is 13.4. The van der Waals surface area contributed by atoms with Crippen molar-refractivity contribution in [2.75, 3.05) is 11.9 Å². The van der Waals surface area contributed by atoms with Gasteiger partial charge < -0.3 is 10.1 Å². The normalized spacial score (nSPS) is 25.5. The van der Waals surface area contributed by atoms with E-state index in [-0.39, 0.29) is 41.9 Å². The highest BCUT2D eigenvalue weighted by Crippen LogP contribution is 2.56. The summed E-state index contributed by atoms with van der Waals surface area (Å²) in [6, 6.07) is 13.8. The number of likely N-dealkylation sites (tertiary alicyclic amines) is 1. The molecule has 2 saturated carbocycles. The van der Waals surface area contributed by atoms with Crippen molar-refractivity contribution < 1.29 is 23.9 Å². The third-order valence-corrected chi connectivity index (χ3v) is 7.67. The lowest BCUT2D eigenvalue weighted by molar-refractivity contribution is -0.160. The number of aryl methyl sites for hydroxylation is 2. The lowest BCUT2D eigenvalue weighted by Gasteiger charge is -2.26. The first-order chi connectivity index (χ1) is 16.8. The van der Waals surface area contributed by atoms with Crippen molar-refractivity contribution in [3.63, 3.8) is 0 Å². The fourth-order valence-corrected chi connectivity index (χ4v) is 6.33. The van der Waals surface area contributed by atoms with Crippen molar-refractivity contribution >= 4 is 29.4 Å². The van der Waals surface area contributed by atoms with E-state index in [4.69, 9.17) is 4.74 Å². The molecule has 3 fully saturated rings. The highest BCUT2D eigenvalue weighted by atomic mass is 16.5. The van der Waals surface area contributed by atoms with E-state index in [0.29, 0.717) is 5.69 Å². The summed E-state index contributed by atoms with van der Waals surface area (Å²) in [6.45, 7) is 3.37. The van der Waals surface area contributed by atoms with E-state index < -0.39 is 24.5 Å². The van der Waals surface area contributed by atoms with E-state index in [9.17, 15) is 19.2 Å². The molecule has 5 rings (SSSR count). The second-order valence-electron chi connectivity index (χ2n) is 10.2. The van der Waals surface area contributed by atoms with Gasteiger partial charge in [0.15, 0.2) is 6.61 Å². The van der Waals surface area contributed by atoms with Gasteiger partial charge in [0.2, 0.25) is 11.8 Å². The summed E-state index contributed by atoms with van der Waals surface area (Å²) in [5, 5.41) is 2.74. The number of benzene rings is 2. The van der Waals surface area contributed by atoms with Crippen molar-refractivity contribution in [3.05, 3.63) is 65.2 Å². The Morgan fingerprint density at radius 3 is 2.17 bits per heavy atom. The Labute approximate surface area is 204 Å². The van der Waals surface area contributed by atoms with Crippen LogP contribution in [-0.4, -0.2) is 41.2 Å². The van der Waals surface area contributed by atoms with Gasteiger partial charge in [-0.3, -0.25) is 19.3 Å². The van der Waals surface area contributed by atoms with Crippen molar-refractivity contribution in [1.29, 1.82) is 0 Å². The average molecular weight is 475 g/mol. The Hall–Kier alpha value is -3.48. The number of amides is 3.